The van der Waals surface area contributed by atoms with Crippen LogP contribution in [0.2, 0.25) is 0 Å². The predicted octanol–water partition coefficient (Wildman–Crippen LogP) is -1.79. The largest absolute Gasteiger partial charge is 0.329 e. The first-order valence-electron chi connectivity index (χ1n) is 5.49. The Kier molecular flexibility index (Phi) is 3.35. The number of nitrogens with one attached hydrogen (secondary N) is 2. The highest BCUT2D eigenvalue weighted by Gasteiger charge is 2.31. The zero-order valence-corrected chi connectivity index (χ0v) is 8.58. The quantitative estimate of drug-likeness (QED) is 0.422. The van der Waals surface area contributed by atoms with Gasteiger partial charge in [-0.25, -0.2) is 0 Å². The molecule has 6 N–H and O–H groups in total. The fourth-order valence-electron chi connectivity index (χ4n) is 2.26. The number of nitrogens with two attached hydrogens (primary N) is 2. The van der Waals surface area contributed by atoms with Gasteiger partial charge < -0.3 is 11.5 Å². The lowest BCUT2D eigenvalue weighted by atomic mass is 10.1. The van der Waals surface area contributed by atoms with Crippen molar-refractivity contribution in [2.24, 2.45) is 11.5 Å². The molecule has 0 unspecified atom stereocenters. The minimum atomic E-state index is 0.291. The van der Waals surface area contributed by atoms with Gasteiger partial charge in [-0.3, -0.25) is 15.5 Å². The van der Waals surface area contributed by atoms with Gasteiger partial charge in [-0.15, -0.1) is 0 Å². The fraction of sp³-hybridized carbons (Fsp3) is 1.00. The van der Waals surface area contributed by atoms with Gasteiger partial charge in [0, 0.05) is 38.3 Å². The van der Waals surface area contributed by atoms with Gasteiger partial charge in [0.05, 0.1) is 0 Å². The second-order valence-corrected chi connectivity index (χ2v) is 4.21. The molecule has 14 heavy (non-hydrogen) atoms. The van der Waals surface area contributed by atoms with E-state index in [-0.39, 0.29) is 0 Å². The lowest BCUT2D eigenvalue weighted by Gasteiger charge is -2.46. The van der Waals surface area contributed by atoms with Crippen LogP contribution in [0.15, 0.2) is 0 Å². The molecule has 0 saturated carbocycles. The van der Waals surface area contributed by atoms with Crippen molar-refractivity contribution >= 4 is 0 Å². The molecule has 2 atom stereocenters. The van der Waals surface area contributed by atoms with Crippen LogP contribution < -0.4 is 22.1 Å². The molecule has 82 valence electrons. The van der Waals surface area contributed by atoms with E-state index in [9.17, 15) is 0 Å². The van der Waals surface area contributed by atoms with Crippen LogP contribution in [0.25, 0.3) is 0 Å². The van der Waals surface area contributed by atoms with E-state index < -0.39 is 0 Å². The Balaban J connectivity index is 1.90. The second-order valence-electron chi connectivity index (χ2n) is 4.21. The molecule has 2 fully saturated rings. The highest BCUT2D eigenvalue weighted by atomic mass is 15.4. The van der Waals surface area contributed by atoms with Crippen LogP contribution in [0.5, 0.6) is 0 Å². The molecule has 2 aliphatic rings. The van der Waals surface area contributed by atoms with Crippen molar-refractivity contribution in [2.45, 2.75) is 31.2 Å². The maximum atomic E-state index is 5.66. The van der Waals surface area contributed by atoms with Crippen molar-refractivity contribution in [2.75, 3.05) is 26.2 Å². The normalized spacial score (nSPS) is 35.6. The maximum absolute atomic E-state index is 5.66. The summed E-state index contributed by atoms with van der Waals surface area (Å²) in [5.74, 6) is 0. The summed E-state index contributed by atoms with van der Waals surface area (Å²) < 4.78 is 0. The molecule has 5 heteroatoms. The lowest BCUT2D eigenvalue weighted by Crippen LogP contribution is -2.69. The first-order chi connectivity index (χ1) is 6.83. The number of hydrogen-bond donors (Lipinski definition) is 4. The second kappa shape index (κ2) is 4.55. The van der Waals surface area contributed by atoms with Gasteiger partial charge in [-0.05, 0) is 12.8 Å². The van der Waals surface area contributed by atoms with Crippen molar-refractivity contribution < 1.29 is 0 Å². The molecule has 2 rings (SSSR count). The molecular formula is C9H21N5. The first kappa shape index (κ1) is 10.3. The predicted molar refractivity (Wildman–Crippen MR) is 56.6 cm³/mol. The van der Waals surface area contributed by atoms with E-state index in [1.807, 2.05) is 0 Å². The molecule has 2 saturated heterocycles. The van der Waals surface area contributed by atoms with E-state index in [1.54, 1.807) is 0 Å². The van der Waals surface area contributed by atoms with Crippen LogP contribution in [-0.2, 0) is 0 Å². The number of fused-ring (bicyclic) bond motifs is 1. The summed E-state index contributed by atoms with van der Waals surface area (Å²) in [6.45, 7) is 3.73. The van der Waals surface area contributed by atoms with Crippen molar-refractivity contribution in [1.82, 2.24) is 15.5 Å². The Labute approximate surface area is 85.2 Å². The third-order valence-electron chi connectivity index (χ3n) is 3.25. The van der Waals surface area contributed by atoms with Gasteiger partial charge in [0.1, 0.15) is 6.29 Å². The van der Waals surface area contributed by atoms with Crippen LogP contribution in [0.3, 0.4) is 0 Å². The Bertz CT molecular complexity index is 168. The molecule has 0 aliphatic carbocycles. The van der Waals surface area contributed by atoms with Gasteiger partial charge in [0.2, 0.25) is 0 Å². The van der Waals surface area contributed by atoms with Crippen molar-refractivity contribution in [3.05, 3.63) is 0 Å². The first-order valence-corrected chi connectivity index (χ1v) is 5.49. The summed E-state index contributed by atoms with van der Waals surface area (Å²) in [5.41, 5.74) is 11.3. The summed E-state index contributed by atoms with van der Waals surface area (Å²) in [5, 5.41) is 7.01. The van der Waals surface area contributed by atoms with Crippen molar-refractivity contribution in [3.8, 4) is 0 Å². The Morgan fingerprint density at radius 1 is 1.00 bits per heavy atom. The minimum Gasteiger partial charge on any atom is -0.329 e. The van der Waals surface area contributed by atoms with Gasteiger partial charge in [0.25, 0.3) is 0 Å². The Hall–Kier alpha value is -0.200. The van der Waals surface area contributed by atoms with E-state index in [4.69, 9.17) is 11.5 Å². The summed E-state index contributed by atoms with van der Waals surface area (Å²) >= 11 is 0. The standard InChI is InChI=1S/C9H21N5/c10-5-7-1-3-14-4-2-8(6-11)13-9(14)12-7/h7-9,12-13H,1-6,10-11H2/t7-,8-/m0/s1. The highest BCUT2D eigenvalue weighted by molar-refractivity contribution is 4.88. The topological polar surface area (TPSA) is 79.3 Å². The highest BCUT2D eigenvalue weighted by Crippen LogP contribution is 2.13. The molecule has 2 aliphatic heterocycles. The van der Waals surface area contributed by atoms with Gasteiger partial charge in [0.15, 0.2) is 0 Å². The molecule has 0 aromatic carbocycles. The van der Waals surface area contributed by atoms with E-state index in [2.05, 4.69) is 15.5 Å². The molecule has 0 amide bonds. The summed E-state index contributed by atoms with van der Waals surface area (Å²) in [6.07, 6.45) is 2.60. The van der Waals surface area contributed by atoms with E-state index in [0.717, 1.165) is 39.0 Å². The third kappa shape index (κ3) is 2.07. The number of nitrogens with zero attached hydrogens (tertiary/aromatic N) is 1. The summed E-state index contributed by atoms with van der Waals surface area (Å²) in [6, 6.07) is 0.917. The molecular weight excluding hydrogens is 178 g/mol. The maximum Gasteiger partial charge on any atom is 0.115 e. The van der Waals surface area contributed by atoms with Crippen LogP contribution in [0.4, 0.5) is 0 Å². The van der Waals surface area contributed by atoms with Gasteiger partial charge in [-0.1, -0.05) is 0 Å². The molecule has 0 aromatic rings. The monoisotopic (exact) mass is 199 g/mol. The zero-order chi connectivity index (χ0) is 9.97. The molecule has 2 heterocycles. The summed E-state index contributed by atoms with van der Waals surface area (Å²) in [4.78, 5) is 2.43. The van der Waals surface area contributed by atoms with E-state index in [0.29, 0.717) is 18.4 Å². The molecule has 0 bridgehead atoms. The van der Waals surface area contributed by atoms with Crippen molar-refractivity contribution in [3.63, 3.8) is 0 Å². The van der Waals surface area contributed by atoms with E-state index in [1.165, 1.54) is 0 Å². The van der Waals surface area contributed by atoms with Crippen LogP contribution >= 0.6 is 0 Å². The average molecular weight is 199 g/mol. The average Bonchev–Trinajstić information content (AvgIpc) is 2.27. The van der Waals surface area contributed by atoms with E-state index >= 15 is 0 Å². The molecule has 0 spiro atoms. The van der Waals surface area contributed by atoms with Crippen LogP contribution in [-0.4, -0.2) is 49.5 Å². The summed E-state index contributed by atoms with van der Waals surface area (Å²) in [7, 11) is 0. The SMILES string of the molecule is NC[C@@H]1CCN2CC[C@@H](CN)NC2N1. The number of rotatable bonds is 2. The fourth-order valence-corrected chi connectivity index (χ4v) is 2.26. The smallest absolute Gasteiger partial charge is 0.115 e. The van der Waals surface area contributed by atoms with Crippen LogP contribution in [0.1, 0.15) is 12.8 Å². The van der Waals surface area contributed by atoms with Gasteiger partial charge >= 0.3 is 0 Å². The van der Waals surface area contributed by atoms with Gasteiger partial charge in [-0.2, -0.15) is 0 Å². The molecule has 0 radical (unpaired) electrons. The lowest BCUT2D eigenvalue weighted by molar-refractivity contribution is 0.0380. The zero-order valence-electron chi connectivity index (χ0n) is 8.58. The molecule has 5 nitrogen and oxygen atoms in total. The molecule has 0 aromatic heterocycles. The Morgan fingerprint density at radius 3 is 1.93 bits per heavy atom. The Morgan fingerprint density at radius 2 is 1.50 bits per heavy atom. The third-order valence-corrected chi connectivity index (χ3v) is 3.25. The van der Waals surface area contributed by atoms with Crippen LogP contribution in [0, 0.1) is 0 Å². The van der Waals surface area contributed by atoms with Crippen molar-refractivity contribution in [1.29, 1.82) is 0 Å². The minimum absolute atomic E-state index is 0.291. The number of hydrogen-bond acceptors (Lipinski definition) is 5.